The second kappa shape index (κ2) is 7.23. The van der Waals surface area contributed by atoms with E-state index in [0.717, 1.165) is 16.8 Å². The van der Waals surface area contributed by atoms with Crippen LogP contribution >= 0.6 is 0 Å². The Bertz CT molecular complexity index is 961. The summed E-state index contributed by atoms with van der Waals surface area (Å²) in [6.07, 6.45) is 0. The van der Waals surface area contributed by atoms with Crippen LogP contribution in [0.4, 0.5) is 11.5 Å². The molecule has 26 heavy (non-hydrogen) atoms. The number of aryl methyl sites for hydroxylation is 2. The predicted molar refractivity (Wildman–Crippen MR) is 102 cm³/mol. The van der Waals surface area contributed by atoms with Crippen molar-refractivity contribution in [2.75, 3.05) is 10.6 Å². The van der Waals surface area contributed by atoms with Crippen LogP contribution in [0.3, 0.4) is 0 Å². The summed E-state index contributed by atoms with van der Waals surface area (Å²) in [5, 5.41) is 9.91. The van der Waals surface area contributed by atoms with Crippen LogP contribution in [0.5, 0.6) is 0 Å². The fraction of sp³-hybridized carbons (Fsp3) is 0.150. The minimum Gasteiger partial charge on any atom is -0.321 e. The average molecular weight is 348 g/mol. The third kappa shape index (κ3) is 3.80. The molecule has 6 heteroatoms. The largest absolute Gasteiger partial charge is 0.321 e. The maximum Gasteiger partial charge on any atom is 0.276 e. The van der Waals surface area contributed by atoms with Crippen molar-refractivity contribution in [3.63, 3.8) is 0 Å². The van der Waals surface area contributed by atoms with Crippen LogP contribution in [0.1, 0.15) is 28.5 Å². The molecule has 2 N–H and O–H groups in total. The summed E-state index contributed by atoms with van der Waals surface area (Å²) in [7, 11) is 0. The highest BCUT2D eigenvalue weighted by atomic mass is 16.2. The van der Waals surface area contributed by atoms with Gasteiger partial charge in [-0.25, -0.2) is 4.68 Å². The Morgan fingerprint density at radius 3 is 2.31 bits per heavy atom. The normalized spacial score (nSPS) is 10.4. The van der Waals surface area contributed by atoms with Gasteiger partial charge in [0.2, 0.25) is 5.91 Å². The number of nitrogens with zero attached hydrogens (tertiary/aromatic N) is 2. The van der Waals surface area contributed by atoms with E-state index in [9.17, 15) is 9.59 Å². The van der Waals surface area contributed by atoms with E-state index >= 15 is 0 Å². The molecule has 2 aromatic carbocycles. The molecular weight excluding hydrogens is 328 g/mol. The molecule has 1 heterocycles. The number of benzene rings is 2. The van der Waals surface area contributed by atoms with Crippen molar-refractivity contribution in [2.45, 2.75) is 20.8 Å². The molecule has 0 saturated heterocycles. The predicted octanol–water partition coefficient (Wildman–Crippen LogP) is 3.70. The molecule has 0 radical (unpaired) electrons. The lowest BCUT2D eigenvalue weighted by Crippen LogP contribution is -2.13. The Labute approximate surface area is 151 Å². The van der Waals surface area contributed by atoms with Crippen LogP contribution in [-0.2, 0) is 4.79 Å². The quantitative estimate of drug-likeness (QED) is 0.755. The highest BCUT2D eigenvalue weighted by Gasteiger charge is 2.16. The molecule has 0 fully saturated rings. The van der Waals surface area contributed by atoms with Crippen molar-refractivity contribution in [3.8, 4) is 5.69 Å². The fourth-order valence-corrected chi connectivity index (χ4v) is 2.54. The zero-order valence-electron chi connectivity index (χ0n) is 14.9. The monoisotopic (exact) mass is 348 g/mol. The molecule has 0 unspecified atom stereocenters. The first kappa shape index (κ1) is 17.4. The summed E-state index contributed by atoms with van der Waals surface area (Å²) < 4.78 is 1.54. The van der Waals surface area contributed by atoms with E-state index in [4.69, 9.17) is 0 Å². The van der Waals surface area contributed by atoms with Crippen molar-refractivity contribution < 1.29 is 9.59 Å². The average Bonchev–Trinajstić information content (AvgIpc) is 3.02. The van der Waals surface area contributed by atoms with Gasteiger partial charge >= 0.3 is 0 Å². The van der Waals surface area contributed by atoms with Crippen molar-refractivity contribution >= 4 is 23.3 Å². The molecule has 132 valence electrons. The van der Waals surface area contributed by atoms with Crippen LogP contribution in [0.2, 0.25) is 0 Å². The number of hydrogen-bond acceptors (Lipinski definition) is 3. The summed E-state index contributed by atoms with van der Waals surface area (Å²) in [4.78, 5) is 24.1. The molecule has 0 bridgehead atoms. The molecule has 0 aliphatic heterocycles. The molecule has 6 nitrogen and oxygen atoms in total. The van der Waals surface area contributed by atoms with E-state index < -0.39 is 0 Å². The van der Waals surface area contributed by atoms with Gasteiger partial charge in [-0.15, -0.1) is 0 Å². The second-order valence-electron chi connectivity index (χ2n) is 6.10. The van der Waals surface area contributed by atoms with Gasteiger partial charge in [-0.1, -0.05) is 24.3 Å². The molecule has 0 atom stereocenters. The summed E-state index contributed by atoms with van der Waals surface area (Å²) in [6, 6.07) is 16.6. The van der Waals surface area contributed by atoms with E-state index in [2.05, 4.69) is 15.7 Å². The van der Waals surface area contributed by atoms with E-state index in [-0.39, 0.29) is 17.5 Å². The van der Waals surface area contributed by atoms with Gasteiger partial charge in [0.15, 0.2) is 5.69 Å². The first-order valence-electron chi connectivity index (χ1n) is 8.26. The van der Waals surface area contributed by atoms with E-state index in [1.165, 1.54) is 11.6 Å². The van der Waals surface area contributed by atoms with Crippen molar-refractivity contribution in [1.29, 1.82) is 0 Å². The molecule has 1 aromatic heterocycles. The van der Waals surface area contributed by atoms with Gasteiger partial charge in [-0.05, 0) is 49.2 Å². The lowest BCUT2D eigenvalue weighted by atomic mass is 10.1. The van der Waals surface area contributed by atoms with Crippen molar-refractivity contribution in [3.05, 3.63) is 71.4 Å². The minimum absolute atomic E-state index is 0.218. The van der Waals surface area contributed by atoms with Crippen LogP contribution in [0.25, 0.3) is 5.69 Å². The van der Waals surface area contributed by atoms with Crippen LogP contribution < -0.4 is 10.6 Å². The third-order valence-corrected chi connectivity index (χ3v) is 4.01. The maximum absolute atomic E-state index is 12.6. The van der Waals surface area contributed by atoms with Gasteiger partial charge in [0, 0.05) is 18.7 Å². The zero-order valence-corrected chi connectivity index (χ0v) is 14.9. The number of para-hydroxylation sites is 1. The second-order valence-corrected chi connectivity index (χ2v) is 6.10. The molecule has 2 amide bonds. The molecule has 3 rings (SSSR count). The SMILES string of the molecule is CC(=O)Nc1cc(C(=O)Nc2ccc(C)c(C)c2)nn1-c1ccccc1. The standard InChI is InChI=1S/C20H20N4O2/c1-13-9-10-16(11-14(13)2)22-20(26)18-12-19(21-15(3)25)24(23-18)17-7-5-4-6-8-17/h4-12H,1-3H3,(H,21,25)(H,22,26). The summed E-state index contributed by atoms with van der Waals surface area (Å²) in [6.45, 7) is 5.42. The van der Waals surface area contributed by atoms with Crippen LogP contribution in [0.15, 0.2) is 54.6 Å². The third-order valence-electron chi connectivity index (χ3n) is 4.01. The van der Waals surface area contributed by atoms with E-state index in [0.29, 0.717) is 11.5 Å². The van der Waals surface area contributed by atoms with Crippen LogP contribution in [0, 0.1) is 13.8 Å². The van der Waals surface area contributed by atoms with Gasteiger partial charge in [-0.3, -0.25) is 9.59 Å². The molecule has 0 saturated carbocycles. The first-order chi connectivity index (χ1) is 12.4. The number of aromatic nitrogens is 2. The summed E-state index contributed by atoms with van der Waals surface area (Å²) in [5.41, 5.74) is 3.92. The Kier molecular flexibility index (Phi) is 4.84. The Morgan fingerprint density at radius 2 is 1.65 bits per heavy atom. The molecule has 3 aromatic rings. The summed E-state index contributed by atoms with van der Waals surface area (Å²) >= 11 is 0. The van der Waals surface area contributed by atoms with E-state index in [1.54, 1.807) is 6.07 Å². The first-order valence-corrected chi connectivity index (χ1v) is 8.26. The van der Waals surface area contributed by atoms with Gasteiger partial charge < -0.3 is 10.6 Å². The Hall–Kier alpha value is -3.41. The smallest absolute Gasteiger partial charge is 0.276 e. The van der Waals surface area contributed by atoms with Gasteiger partial charge in [-0.2, -0.15) is 5.10 Å². The topological polar surface area (TPSA) is 76.0 Å². The van der Waals surface area contributed by atoms with Crippen molar-refractivity contribution in [1.82, 2.24) is 9.78 Å². The molecular formula is C20H20N4O2. The molecule has 0 spiro atoms. The van der Waals surface area contributed by atoms with Gasteiger partial charge in [0.1, 0.15) is 5.82 Å². The number of anilines is 2. The number of carbonyl (C=O) groups excluding carboxylic acids is 2. The number of rotatable bonds is 4. The molecule has 0 aliphatic carbocycles. The maximum atomic E-state index is 12.6. The highest BCUT2D eigenvalue weighted by molar-refractivity contribution is 6.04. The lowest BCUT2D eigenvalue weighted by molar-refractivity contribution is -0.114. The molecule has 0 aliphatic rings. The number of carbonyl (C=O) groups is 2. The van der Waals surface area contributed by atoms with Crippen molar-refractivity contribution in [2.24, 2.45) is 0 Å². The highest BCUT2D eigenvalue weighted by Crippen LogP contribution is 2.19. The van der Waals surface area contributed by atoms with E-state index in [1.807, 2.05) is 62.4 Å². The Balaban J connectivity index is 1.91. The number of amides is 2. The lowest BCUT2D eigenvalue weighted by Gasteiger charge is -2.07. The Morgan fingerprint density at radius 1 is 0.923 bits per heavy atom. The fourth-order valence-electron chi connectivity index (χ4n) is 2.54. The van der Waals surface area contributed by atoms with Gasteiger partial charge in [0.05, 0.1) is 5.69 Å². The minimum atomic E-state index is -0.338. The summed E-state index contributed by atoms with van der Waals surface area (Å²) in [5.74, 6) is -0.133. The van der Waals surface area contributed by atoms with Crippen LogP contribution in [-0.4, -0.2) is 21.6 Å². The van der Waals surface area contributed by atoms with Gasteiger partial charge in [0.25, 0.3) is 5.91 Å². The number of nitrogens with one attached hydrogen (secondary N) is 2. The number of hydrogen-bond donors (Lipinski definition) is 2. The zero-order chi connectivity index (χ0) is 18.7.